The number of carbonyl (C=O) groups is 2. The summed E-state index contributed by atoms with van der Waals surface area (Å²) < 4.78 is 6.20. The van der Waals surface area contributed by atoms with Gasteiger partial charge in [-0.05, 0) is 18.2 Å². The van der Waals surface area contributed by atoms with E-state index < -0.39 is 5.97 Å². The van der Waals surface area contributed by atoms with E-state index in [4.69, 9.17) is 17.0 Å². The number of rotatable bonds is 3. The molecule has 22 heavy (non-hydrogen) atoms. The second-order valence-electron chi connectivity index (χ2n) is 4.69. The molecule has 2 aliphatic heterocycles. The highest BCUT2D eigenvalue weighted by atomic mass is 32.2. The molecule has 1 amide bonds. The third kappa shape index (κ3) is 2.90. The van der Waals surface area contributed by atoms with Crippen LogP contribution >= 0.6 is 24.0 Å². The van der Waals surface area contributed by atoms with Crippen LogP contribution < -0.4 is 5.32 Å². The van der Waals surface area contributed by atoms with Crippen LogP contribution in [0.3, 0.4) is 0 Å². The third-order valence-electron chi connectivity index (χ3n) is 3.22. The molecule has 1 aromatic carbocycles. The predicted molar refractivity (Wildman–Crippen MR) is 87.3 cm³/mol. The monoisotopic (exact) mass is 333 g/mol. The lowest BCUT2D eigenvalue weighted by atomic mass is 10.1. The Morgan fingerprint density at radius 3 is 2.91 bits per heavy atom. The van der Waals surface area contributed by atoms with Crippen LogP contribution in [0, 0.1) is 0 Å². The van der Waals surface area contributed by atoms with Crippen LogP contribution in [0.5, 0.6) is 0 Å². The Balaban J connectivity index is 1.78. The lowest BCUT2D eigenvalue weighted by molar-refractivity contribution is -0.115. The first-order valence-corrected chi connectivity index (χ1v) is 7.71. The summed E-state index contributed by atoms with van der Waals surface area (Å²) in [6.45, 7) is 0. The van der Waals surface area contributed by atoms with Crippen LogP contribution in [0.25, 0.3) is 5.76 Å². The zero-order valence-corrected chi connectivity index (χ0v) is 12.9. The van der Waals surface area contributed by atoms with E-state index in [9.17, 15) is 14.7 Å². The van der Waals surface area contributed by atoms with Crippen LogP contribution in [0.15, 0.2) is 41.3 Å². The quantitative estimate of drug-likeness (QED) is 0.654. The number of carboxylic acid groups (broad SMARTS) is 1. The minimum Gasteiger partial charge on any atom is -0.486 e. The van der Waals surface area contributed by atoms with Gasteiger partial charge in [0.1, 0.15) is 16.2 Å². The van der Waals surface area contributed by atoms with Gasteiger partial charge in [0.2, 0.25) is 0 Å². The molecule has 2 heterocycles. The van der Waals surface area contributed by atoms with Crippen molar-refractivity contribution in [2.75, 3.05) is 0 Å². The molecule has 1 saturated heterocycles. The molecule has 1 aromatic rings. The number of hydrogen-bond acceptors (Lipinski definition) is 5. The van der Waals surface area contributed by atoms with E-state index >= 15 is 0 Å². The van der Waals surface area contributed by atoms with Gasteiger partial charge >= 0.3 is 5.97 Å². The fourth-order valence-electron chi connectivity index (χ4n) is 2.25. The number of ether oxygens (including phenoxy) is 1. The molecule has 1 unspecified atom stereocenters. The van der Waals surface area contributed by atoms with Gasteiger partial charge in [0.05, 0.1) is 10.5 Å². The van der Waals surface area contributed by atoms with E-state index in [0.717, 1.165) is 0 Å². The van der Waals surface area contributed by atoms with E-state index in [0.29, 0.717) is 27.0 Å². The van der Waals surface area contributed by atoms with Crippen molar-refractivity contribution >= 4 is 45.9 Å². The first-order valence-electron chi connectivity index (χ1n) is 6.49. The van der Waals surface area contributed by atoms with Crippen LogP contribution in [0.2, 0.25) is 0 Å². The Morgan fingerprint density at radius 1 is 1.45 bits per heavy atom. The topological polar surface area (TPSA) is 75.6 Å². The molecule has 2 N–H and O–H groups in total. The number of hydrogen-bond donors (Lipinski definition) is 2. The Hall–Kier alpha value is -2.12. The molecule has 7 heteroatoms. The van der Waals surface area contributed by atoms with Crippen molar-refractivity contribution in [1.29, 1.82) is 0 Å². The molecule has 0 radical (unpaired) electrons. The van der Waals surface area contributed by atoms with Gasteiger partial charge < -0.3 is 15.2 Å². The second kappa shape index (κ2) is 5.94. The van der Waals surface area contributed by atoms with Gasteiger partial charge in [0.25, 0.3) is 5.91 Å². The average molecular weight is 333 g/mol. The number of thioether (sulfide) groups is 1. The highest BCUT2D eigenvalue weighted by Gasteiger charge is 2.26. The smallest absolute Gasteiger partial charge is 0.336 e. The summed E-state index contributed by atoms with van der Waals surface area (Å²) in [7, 11) is 0. The SMILES string of the molecule is O=C1NC(=S)S/C1=C\C1CC=C(c2ccccc2C(=O)O)O1. The molecule has 1 atom stereocenters. The molecule has 0 spiro atoms. The largest absolute Gasteiger partial charge is 0.486 e. The summed E-state index contributed by atoms with van der Waals surface area (Å²) in [5, 5.41) is 11.8. The van der Waals surface area contributed by atoms with Crippen molar-refractivity contribution in [1.82, 2.24) is 5.32 Å². The minimum atomic E-state index is -1.00. The van der Waals surface area contributed by atoms with Gasteiger partial charge in [-0.3, -0.25) is 4.79 Å². The Bertz CT molecular complexity index is 739. The summed E-state index contributed by atoms with van der Waals surface area (Å²) in [6, 6.07) is 6.67. The predicted octanol–water partition coefficient (Wildman–Crippen LogP) is 2.55. The third-order valence-corrected chi connectivity index (χ3v) is 4.40. The van der Waals surface area contributed by atoms with Gasteiger partial charge in [-0.2, -0.15) is 0 Å². The van der Waals surface area contributed by atoms with Crippen molar-refractivity contribution in [2.24, 2.45) is 0 Å². The van der Waals surface area contributed by atoms with Crippen molar-refractivity contribution in [3.8, 4) is 0 Å². The van der Waals surface area contributed by atoms with Crippen LogP contribution in [-0.2, 0) is 9.53 Å². The fraction of sp³-hybridized carbons (Fsp3) is 0.133. The zero-order chi connectivity index (χ0) is 15.7. The number of thiocarbonyl (C=S) groups is 1. The summed E-state index contributed by atoms with van der Waals surface area (Å²) >= 11 is 6.13. The van der Waals surface area contributed by atoms with Crippen molar-refractivity contribution in [3.05, 3.63) is 52.4 Å². The highest BCUT2D eigenvalue weighted by molar-refractivity contribution is 8.26. The number of amides is 1. The maximum absolute atomic E-state index is 11.6. The second-order valence-corrected chi connectivity index (χ2v) is 6.40. The fourth-order valence-corrected chi connectivity index (χ4v) is 3.32. The Kier molecular flexibility index (Phi) is 4.00. The van der Waals surface area contributed by atoms with Gasteiger partial charge in [-0.15, -0.1) is 0 Å². The van der Waals surface area contributed by atoms with Crippen molar-refractivity contribution in [3.63, 3.8) is 0 Å². The first kappa shape index (κ1) is 14.8. The normalized spacial score (nSPS) is 22.5. The Morgan fingerprint density at radius 2 is 2.23 bits per heavy atom. The Labute approximate surface area is 136 Å². The maximum atomic E-state index is 11.6. The van der Waals surface area contributed by atoms with Crippen LogP contribution in [0.1, 0.15) is 22.3 Å². The molecule has 3 rings (SSSR count). The summed E-state index contributed by atoms with van der Waals surface area (Å²) in [4.78, 5) is 23.4. The van der Waals surface area contributed by atoms with Crippen molar-refractivity contribution < 1.29 is 19.4 Å². The number of benzene rings is 1. The van der Waals surface area contributed by atoms with Gasteiger partial charge in [0.15, 0.2) is 0 Å². The highest BCUT2D eigenvalue weighted by Crippen LogP contribution is 2.32. The number of carbonyl (C=O) groups excluding carboxylic acids is 1. The van der Waals surface area contributed by atoms with Gasteiger partial charge in [-0.1, -0.05) is 42.2 Å². The molecule has 1 fully saturated rings. The van der Waals surface area contributed by atoms with E-state index in [1.807, 2.05) is 6.08 Å². The number of nitrogens with one attached hydrogen (secondary N) is 1. The summed E-state index contributed by atoms with van der Waals surface area (Å²) in [5.41, 5.74) is 0.728. The van der Waals surface area contributed by atoms with Gasteiger partial charge in [0, 0.05) is 12.0 Å². The number of aromatic carboxylic acids is 1. The molecular weight excluding hydrogens is 322 g/mol. The van der Waals surface area contributed by atoms with Crippen LogP contribution in [-0.4, -0.2) is 27.4 Å². The lowest BCUT2D eigenvalue weighted by Crippen LogP contribution is -2.18. The van der Waals surface area contributed by atoms with E-state index in [1.54, 1.807) is 24.3 Å². The van der Waals surface area contributed by atoms with E-state index in [1.165, 1.54) is 17.8 Å². The molecule has 112 valence electrons. The van der Waals surface area contributed by atoms with Gasteiger partial charge in [-0.25, -0.2) is 4.79 Å². The molecule has 5 nitrogen and oxygen atoms in total. The van der Waals surface area contributed by atoms with Crippen molar-refractivity contribution in [2.45, 2.75) is 12.5 Å². The lowest BCUT2D eigenvalue weighted by Gasteiger charge is -2.11. The van der Waals surface area contributed by atoms with E-state index in [2.05, 4.69) is 5.32 Å². The standard InChI is InChI=1S/C15H11NO4S2/c17-13-12(22-15(21)16-13)7-8-5-6-11(20-8)9-3-1-2-4-10(9)14(18)19/h1-4,6-8H,5H2,(H,18,19)(H,16,17,21)/b12-7-. The average Bonchev–Trinajstić information content (AvgIpc) is 3.06. The minimum absolute atomic E-state index is 0.191. The van der Waals surface area contributed by atoms with E-state index in [-0.39, 0.29) is 17.6 Å². The molecular formula is C15H11NO4S2. The molecule has 0 aromatic heterocycles. The summed E-state index contributed by atoms with van der Waals surface area (Å²) in [5.74, 6) is -0.707. The summed E-state index contributed by atoms with van der Waals surface area (Å²) in [6.07, 6.45) is 3.82. The maximum Gasteiger partial charge on any atom is 0.336 e. The first-order chi connectivity index (χ1) is 10.5. The van der Waals surface area contributed by atoms with Crippen LogP contribution in [0.4, 0.5) is 0 Å². The number of carboxylic acids is 1. The molecule has 0 saturated carbocycles. The molecule has 2 aliphatic rings. The molecule has 0 aliphatic carbocycles. The zero-order valence-electron chi connectivity index (χ0n) is 11.2. The molecule has 0 bridgehead atoms.